The van der Waals surface area contributed by atoms with Crippen molar-refractivity contribution in [2.24, 2.45) is 0 Å². The minimum Gasteiger partial charge on any atom is -0.339 e. The average molecular weight is 406 g/mol. The first kappa shape index (κ1) is 19.8. The number of carbonyl (C=O) groups is 1. The summed E-state index contributed by atoms with van der Waals surface area (Å²) in [6.45, 7) is 4.80. The Morgan fingerprint density at radius 2 is 1.48 bits per heavy atom. The van der Waals surface area contributed by atoms with Gasteiger partial charge in [0.1, 0.15) is 0 Å². The lowest BCUT2D eigenvalue weighted by Crippen LogP contribution is -2.50. The van der Waals surface area contributed by atoms with E-state index in [9.17, 15) is 4.79 Å². The number of amides is 1. The molecule has 0 unspecified atom stereocenters. The van der Waals surface area contributed by atoms with Crippen LogP contribution in [-0.4, -0.2) is 48.4 Å². The highest BCUT2D eigenvalue weighted by Crippen LogP contribution is 2.21. The summed E-state index contributed by atoms with van der Waals surface area (Å²) in [5.74, 6) is 0.178. The maximum atomic E-state index is 12.8. The van der Waals surface area contributed by atoms with E-state index in [2.05, 4.69) is 52.0 Å². The number of thiophene rings is 1. The van der Waals surface area contributed by atoms with Gasteiger partial charge in [-0.2, -0.15) is 0 Å². The number of nitrogens with one attached hydrogen (secondary N) is 1. The van der Waals surface area contributed by atoms with Crippen LogP contribution in [0.4, 0.5) is 0 Å². The molecule has 1 saturated heterocycles. The largest absolute Gasteiger partial charge is 0.339 e. The molecule has 1 N–H and O–H groups in total. The van der Waals surface area contributed by atoms with Crippen LogP contribution in [0.5, 0.6) is 0 Å². The van der Waals surface area contributed by atoms with Gasteiger partial charge >= 0.3 is 0 Å². The maximum Gasteiger partial charge on any atom is 0.236 e. The predicted octanol–water partition coefficient (Wildman–Crippen LogP) is 3.77. The molecule has 0 saturated carbocycles. The van der Waals surface area contributed by atoms with Crippen LogP contribution in [0.15, 0.2) is 78.2 Å². The van der Waals surface area contributed by atoms with Crippen molar-refractivity contribution in [3.63, 3.8) is 0 Å². The van der Waals surface area contributed by atoms with Crippen molar-refractivity contribution in [1.29, 1.82) is 0 Å². The molecule has 1 aliphatic rings. The van der Waals surface area contributed by atoms with Gasteiger partial charge in [-0.05, 0) is 22.6 Å². The number of nitrogens with zero attached hydrogens (tertiary/aromatic N) is 2. The fraction of sp³-hybridized carbons (Fsp3) is 0.292. The highest BCUT2D eigenvalue weighted by Gasteiger charge is 2.22. The molecule has 2 heterocycles. The van der Waals surface area contributed by atoms with Crippen LogP contribution in [0.25, 0.3) is 0 Å². The zero-order chi connectivity index (χ0) is 19.9. The van der Waals surface area contributed by atoms with Gasteiger partial charge in [-0.25, -0.2) is 0 Å². The molecule has 1 aromatic heterocycles. The third-order valence-corrected chi connectivity index (χ3v) is 6.27. The Bertz CT molecular complexity index is 836. The quantitative estimate of drug-likeness (QED) is 0.650. The highest BCUT2D eigenvalue weighted by molar-refractivity contribution is 7.09. The number of benzene rings is 2. The van der Waals surface area contributed by atoms with Crippen molar-refractivity contribution in [2.75, 3.05) is 32.7 Å². The summed E-state index contributed by atoms with van der Waals surface area (Å²) in [7, 11) is 0. The van der Waals surface area contributed by atoms with Crippen molar-refractivity contribution < 1.29 is 4.79 Å². The Morgan fingerprint density at radius 1 is 0.862 bits per heavy atom. The molecule has 150 valence electrons. The summed E-state index contributed by atoms with van der Waals surface area (Å²) in [6, 6.07) is 24.9. The Balaban J connectivity index is 1.33. The van der Waals surface area contributed by atoms with E-state index in [-0.39, 0.29) is 11.9 Å². The normalized spacial score (nSPS) is 15.0. The van der Waals surface area contributed by atoms with Gasteiger partial charge in [-0.3, -0.25) is 15.0 Å². The van der Waals surface area contributed by atoms with Gasteiger partial charge in [0.25, 0.3) is 0 Å². The summed E-state index contributed by atoms with van der Waals surface area (Å²) in [5.41, 5.74) is 2.35. The third kappa shape index (κ3) is 5.32. The fourth-order valence-electron chi connectivity index (χ4n) is 3.80. The van der Waals surface area contributed by atoms with Crippen LogP contribution in [0.1, 0.15) is 22.0 Å². The number of hydrogen-bond acceptors (Lipinski definition) is 4. The van der Waals surface area contributed by atoms with Gasteiger partial charge in [0.15, 0.2) is 0 Å². The van der Waals surface area contributed by atoms with Crippen LogP contribution >= 0.6 is 11.3 Å². The SMILES string of the molecule is O=C(CNC(c1ccccc1)c1ccccc1)N1CCN(Cc2cccs2)CC1. The summed E-state index contributed by atoms with van der Waals surface area (Å²) in [5, 5.41) is 5.62. The molecule has 0 aliphatic carbocycles. The zero-order valence-electron chi connectivity index (χ0n) is 16.5. The number of hydrogen-bond donors (Lipinski definition) is 1. The fourth-order valence-corrected chi connectivity index (χ4v) is 4.54. The molecule has 1 aliphatic heterocycles. The molecule has 4 nitrogen and oxygen atoms in total. The van der Waals surface area contributed by atoms with Crippen LogP contribution < -0.4 is 5.32 Å². The molecular weight excluding hydrogens is 378 g/mol. The van der Waals surface area contributed by atoms with Gasteiger partial charge in [0, 0.05) is 37.6 Å². The van der Waals surface area contributed by atoms with E-state index in [0.29, 0.717) is 6.54 Å². The lowest BCUT2D eigenvalue weighted by Gasteiger charge is -2.35. The molecular formula is C24H27N3OS. The Morgan fingerprint density at radius 3 is 2.03 bits per heavy atom. The van der Waals surface area contributed by atoms with Crippen molar-refractivity contribution in [2.45, 2.75) is 12.6 Å². The van der Waals surface area contributed by atoms with Crippen LogP contribution in [0, 0.1) is 0 Å². The lowest BCUT2D eigenvalue weighted by atomic mass is 9.99. The second-order valence-electron chi connectivity index (χ2n) is 7.37. The monoisotopic (exact) mass is 405 g/mol. The molecule has 0 spiro atoms. The van der Waals surface area contributed by atoms with E-state index in [1.165, 1.54) is 16.0 Å². The molecule has 0 bridgehead atoms. The summed E-state index contributed by atoms with van der Waals surface area (Å²) < 4.78 is 0. The van der Waals surface area contributed by atoms with Crippen molar-refractivity contribution in [3.8, 4) is 0 Å². The molecule has 29 heavy (non-hydrogen) atoms. The molecule has 2 aromatic carbocycles. The lowest BCUT2D eigenvalue weighted by molar-refractivity contribution is -0.132. The number of rotatable bonds is 7. The van der Waals surface area contributed by atoms with Crippen LogP contribution in [0.3, 0.4) is 0 Å². The molecule has 5 heteroatoms. The molecule has 1 amide bonds. The van der Waals surface area contributed by atoms with Crippen LogP contribution in [-0.2, 0) is 11.3 Å². The van der Waals surface area contributed by atoms with Crippen molar-refractivity contribution >= 4 is 17.2 Å². The maximum absolute atomic E-state index is 12.8. The molecule has 0 radical (unpaired) electrons. The second kappa shape index (κ2) is 9.83. The van der Waals surface area contributed by atoms with Crippen molar-refractivity contribution in [3.05, 3.63) is 94.2 Å². The summed E-state index contributed by atoms with van der Waals surface area (Å²) in [4.78, 5) is 18.6. The third-order valence-electron chi connectivity index (χ3n) is 5.41. The Kier molecular flexibility index (Phi) is 6.72. The Labute approximate surface area is 176 Å². The van der Waals surface area contributed by atoms with E-state index >= 15 is 0 Å². The first-order valence-corrected chi connectivity index (χ1v) is 11.0. The standard InChI is InChI=1S/C24H27N3OS/c28-23(27-15-13-26(14-16-27)19-22-12-7-17-29-22)18-25-24(20-8-3-1-4-9-20)21-10-5-2-6-11-21/h1-12,17,24-25H,13-16,18-19H2. The van der Waals surface area contributed by atoms with E-state index < -0.39 is 0 Å². The van der Waals surface area contributed by atoms with Gasteiger partial charge in [0.05, 0.1) is 12.6 Å². The van der Waals surface area contributed by atoms with E-state index in [0.717, 1.165) is 32.7 Å². The highest BCUT2D eigenvalue weighted by atomic mass is 32.1. The van der Waals surface area contributed by atoms with E-state index in [1.54, 1.807) is 11.3 Å². The van der Waals surface area contributed by atoms with E-state index in [1.807, 2.05) is 41.3 Å². The van der Waals surface area contributed by atoms with Gasteiger partial charge in [-0.15, -0.1) is 11.3 Å². The first-order valence-electron chi connectivity index (χ1n) is 10.2. The Hall–Kier alpha value is -2.47. The molecule has 0 atom stereocenters. The van der Waals surface area contributed by atoms with E-state index in [4.69, 9.17) is 0 Å². The molecule has 4 rings (SSSR count). The number of piperazine rings is 1. The van der Waals surface area contributed by atoms with Crippen molar-refractivity contribution in [1.82, 2.24) is 15.1 Å². The minimum atomic E-state index is 0.0152. The summed E-state index contributed by atoms with van der Waals surface area (Å²) in [6.07, 6.45) is 0. The molecule has 3 aromatic rings. The number of carbonyl (C=O) groups excluding carboxylic acids is 1. The predicted molar refractivity (Wildman–Crippen MR) is 119 cm³/mol. The summed E-state index contributed by atoms with van der Waals surface area (Å²) >= 11 is 1.80. The van der Waals surface area contributed by atoms with Gasteiger partial charge in [0.2, 0.25) is 5.91 Å². The van der Waals surface area contributed by atoms with Crippen LogP contribution in [0.2, 0.25) is 0 Å². The smallest absolute Gasteiger partial charge is 0.236 e. The topological polar surface area (TPSA) is 35.6 Å². The zero-order valence-corrected chi connectivity index (χ0v) is 17.4. The second-order valence-corrected chi connectivity index (χ2v) is 8.40. The van der Waals surface area contributed by atoms with Gasteiger partial charge < -0.3 is 4.90 Å². The average Bonchev–Trinajstić information content (AvgIpc) is 3.29. The molecule has 1 fully saturated rings. The minimum absolute atomic E-state index is 0.0152. The first-order chi connectivity index (χ1) is 14.3. The van der Waals surface area contributed by atoms with Gasteiger partial charge in [-0.1, -0.05) is 66.7 Å².